The van der Waals surface area contributed by atoms with Gasteiger partial charge >= 0.3 is 6.72 Å². The van der Waals surface area contributed by atoms with E-state index in [1.54, 1.807) is 0 Å². The first-order valence-corrected chi connectivity index (χ1v) is 13.4. The topological polar surface area (TPSA) is 134 Å². The average molecular weight is 457 g/mol. The Morgan fingerprint density at radius 2 is 1.31 bits per heavy atom. The Morgan fingerprint density at radius 1 is 0.862 bits per heavy atom. The molecule has 10 heteroatoms. The number of aliphatic hydroxyl groups is 1. The molecule has 6 N–H and O–H groups in total. The predicted molar refractivity (Wildman–Crippen MR) is 118 cm³/mol. The van der Waals surface area contributed by atoms with Crippen LogP contribution >= 0.6 is 6.72 Å². The molecule has 0 aliphatic carbocycles. The van der Waals surface area contributed by atoms with Gasteiger partial charge in [0.2, 0.25) is 5.91 Å². The maximum absolute atomic E-state index is 10.6. The van der Waals surface area contributed by atoms with Crippen molar-refractivity contribution in [2.75, 3.05) is 19.8 Å². The van der Waals surface area contributed by atoms with E-state index in [9.17, 15) is 9.90 Å². The second-order valence-electron chi connectivity index (χ2n) is 7.46. The smallest absolute Gasteiger partial charge is 0.321 e. The molecule has 0 aromatic heterocycles. The highest BCUT2D eigenvalue weighted by atomic mass is 32.5. The van der Waals surface area contributed by atoms with Gasteiger partial charge in [0.25, 0.3) is 0 Å². The molecule has 0 fully saturated rings. The van der Waals surface area contributed by atoms with Crippen LogP contribution in [0, 0.1) is 0 Å². The van der Waals surface area contributed by atoms with Crippen LogP contribution in [0.2, 0.25) is 0 Å². The fourth-order valence-corrected chi connectivity index (χ4v) is 3.45. The molecule has 0 saturated heterocycles. The summed E-state index contributed by atoms with van der Waals surface area (Å²) in [6.07, 6.45) is 15.2. The van der Waals surface area contributed by atoms with E-state index in [0.717, 1.165) is 25.7 Å². The minimum absolute atomic E-state index is 0.00269. The van der Waals surface area contributed by atoms with E-state index in [2.05, 4.69) is 21.8 Å². The van der Waals surface area contributed by atoms with Crippen LogP contribution in [-0.2, 0) is 26.0 Å². The number of rotatable bonds is 22. The number of hydrogen-bond acceptors (Lipinski definition) is 6. The van der Waals surface area contributed by atoms with Crippen LogP contribution in [0.1, 0.15) is 89.9 Å². The summed E-state index contributed by atoms with van der Waals surface area (Å²) in [6.45, 7) is -3.26. The van der Waals surface area contributed by atoms with Gasteiger partial charge in [0.1, 0.15) is 6.10 Å². The van der Waals surface area contributed by atoms with Crippen LogP contribution in [0.15, 0.2) is 0 Å². The van der Waals surface area contributed by atoms with Crippen molar-refractivity contribution in [1.29, 1.82) is 0 Å². The summed E-state index contributed by atoms with van der Waals surface area (Å²) in [4.78, 5) is 33.5. The fourth-order valence-electron chi connectivity index (χ4n) is 2.90. The number of amides is 1. The van der Waals surface area contributed by atoms with Crippen molar-refractivity contribution in [3.63, 3.8) is 0 Å². The van der Waals surface area contributed by atoms with Crippen molar-refractivity contribution in [2.45, 2.75) is 96.0 Å². The molecule has 0 radical (unpaired) electrons. The van der Waals surface area contributed by atoms with Crippen molar-refractivity contribution in [3.05, 3.63) is 0 Å². The van der Waals surface area contributed by atoms with Crippen molar-refractivity contribution in [1.82, 2.24) is 5.48 Å². The van der Waals surface area contributed by atoms with Crippen LogP contribution < -0.4 is 11.2 Å². The van der Waals surface area contributed by atoms with Crippen molar-refractivity contribution in [2.24, 2.45) is 5.73 Å². The van der Waals surface area contributed by atoms with Gasteiger partial charge in [0.05, 0.1) is 13.2 Å². The van der Waals surface area contributed by atoms with E-state index in [1.807, 2.05) is 0 Å². The number of aliphatic hydroxyl groups excluding tert-OH is 1. The molecule has 0 aliphatic rings. The molecule has 0 saturated carbocycles. The Hall–Kier alpha value is -0.120. The molecule has 0 aromatic rings. The second kappa shape index (κ2) is 19.8. The molecule has 0 aliphatic heterocycles. The molecule has 1 unspecified atom stereocenters. The Morgan fingerprint density at radius 3 is 1.76 bits per heavy atom. The van der Waals surface area contributed by atoms with Gasteiger partial charge in [-0.3, -0.25) is 9.63 Å². The summed E-state index contributed by atoms with van der Waals surface area (Å²) in [5.74, 6) is -0.190. The van der Waals surface area contributed by atoms with E-state index in [-0.39, 0.29) is 19.1 Å². The molecule has 8 nitrogen and oxygen atoms in total. The Bertz CT molecular complexity index is 439. The summed E-state index contributed by atoms with van der Waals surface area (Å²) in [5, 5.41) is 9.50. The van der Waals surface area contributed by atoms with E-state index in [0.29, 0.717) is 13.0 Å². The summed E-state index contributed by atoms with van der Waals surface area (Å²) >= 11 is 4.29. The summed E-state index contributed by atoms with van der Waals surface area (Å²) in [7, 11) is 0. The van der Waals surface area contributed by atoms with E-state index < -0.39 is 12.8 Å². The zero-order valence-electron chi connectivity index (χ0n) is 17.6. The SMILES string of the molecule is NC(=O)CCCCCCCCCCCCCCCNOCC(O)COP(O)(O)=S. The highest BCUT2D eigenvalue weighted by molar-refractivity contribution is 8.06. The number of hydrogen-bond donors (Lipinski definition) is 5. The number of nitrogens with one attached hydrogen (secondary N) is 1. The maximum Gasteiger partial charge on any atom is 0.321 e. The first kappa shape index (κ1) is 28.9. The van der Waals surface area contributed by atoms with Gasteiger partial charge in [0, 0.05) is 13.0 Å². The van der Waals surface area contributed by atoms with Crippen LogP contribution in [0.3, 0.4) is 0 Å². The predicted octanol–water partition coefficient (Wildman–Crippen LogP) is 3.04. The normalized spacial score (nSPS) is 12.9. The van der Waals surface area contributed by atoms with Crippen molar-refractivity contribution in [3.8, 4) is 0 Å². The number of hydroxylamine groups is 1. The molecule has 0 heterocycles. The van der Waals surface area contributed by atoms with E-state index >= 15 is 0 Å². The first-order chi connectivity index (χ1) is 13.8. The van der Waals surface area contributed by atoms with Gasteiger partial charge in [-0.1, -0.05) is 70.6 Å². The van der Waals surface area contributed by atoms with E-state index in [1.165, 1.54) is 57.8 Å². The third kappa shape index (κ3) is 25.8. The number of carbonyl (C=O) groups is 1. The van der Waals surface area contributed by atoms with Crippen molar-refractivity contribution < 1.29 is 29.0 Å². The highest BCUT2D eigenvalue weighted by Gasteiger charge is 2.12. The second-order valence-corrected chi connectivity index (χ2v) is 10.1. The van der Waals surface area contributed by atoms with Gasteiger partial charge in [-0.05, 0) is 24.6 Å². The molecule has 1 atom stereocenters. The van der Waals surface area contributed by atoms with Gasteiger partial charge in [-0.2, -0.15) is 0 Å². The highest BCUT2D eigenvalue weighted by Crippen LogP contribution is 2.36. The molecular weight excluding hydrogens is 415 g/mol. The quantitative estimate of drug-likeness (QED) is 0.0953. The lowest BCUT2D eigenvalue weighted by molar-refractivity contribution is -0.118. The largest absolute Gasteiger partial charge is 0.388 e. The molecule has 0 aromatic carbocycles. The monoisotopic (exact) mass is 456 g/mol. The van der Waals surface area contributed by atoms with Crippen LogP contribution in [0.4, 0.5) is 0 Å². The lowest BCUT2D eigenvalue weighted by Gasteiger charge is -2.13. The lowest BCUT2D eigenvalue weighted by atomic mass is 10.0. The summed E-state index contributed by atoms with van der Waals surface area (Å²) in [5.41, 5.74) is 7.90. The fraction of sp³-hybridized carbons (Fsp3) is 0.947. The lowest BCUT2D eigenvalue weighted by Crippen LogP contribution is -2.27. The molecule has 0 rings (SSSR count). The Kier molecular flexibility index (Phi) is 19.7. The van der Waals surface area contributed by atoms with Gasteiger partial charge in [-0.25, -0.2) is 5.48 Å². The zero-order valence-corrected chi connectivity index (χ0v) is 19.3. The molecular formula is C19H41N2O6PS. The number of primary amides is 1. The van der Waals surface area contributed by atoms with Crippen LogP contribution in [0.5, 0.6) is 0 Å². The minimum atomic E-state index is -3.72. The minimum Gasteiger partial charge on any atom is -0.388 e. The zero-order chi connectivity index (χ0) is 21.8. The third-order valence-electron chi connectivity index (χ3n) is 4.51. The van der Waals surface area contributed by atoms with Crippen LogP contribution in [0.25, 0.3) is 0 Å². The van der Waals surface area contributed by atoms with Gasteiger partial charge in [-0.15, -0.1) is 0 Å². The molecule has 174 valence electrons. The molecule has 29 heavy (non-hydrogen) atoms. The van der Waals surface area contributed by atoms with Gasteiger partial charge < -0.3 is 25.2 Å². The third-order valence-corrected chi connectivity index (χ3v) is 5.32. The van der Waals surface area contributed by atoms with Crippen molar-refractivity contribution >= 4 is 24.4 Å². The number of carbonyl (C=O) groups excluding carboxylic acids is 1. The van der Waals surface area contributed by atoms with Gasteiger partial charge in [0.15, 0.2) is 0 Å². The molecule has 1 amide bonds. The Balaban J connectivity index is 3.15. The van der Waals surface area contributed by atoms with E-state index in [4.69, 9.17) is 20.4 Å². The number of unbranched alkanes of at least 4 members (excludes halogenated alkanes) is 12. The molecule has 0 bridgehead atoms. The standard InChI is InChI=1S/C19H41N2O6PS/c20-19(23)14-12-10-8-6-4-2-1-3-5-7-9-11-13-15-21-26-16-18(22)17-27-28(24,25)29/h18,21-22H,1-17H2,(H2,20,23)(H2,24,25,29). The molecule has 0 spiro atoms. The Labute approximate surface area is 180 Å². The first-order valence-electron chi connectivity index (χ1n) is 10.8. The maximum atomic E-state index is 10.6. The number of nitrogens with two attached hydrogens (primary N) is 1. The average Bonchev–Trinajstić information content (AvgIpc) is 2.64. The van der Waals surface area contributed by atoms with Crippen LogP contribution in [-0.4, -0.2) is 46.7 Å². The summed E-state index contributed by atoms with van der Waals surface area (Å²) < 4.78 is 4.55. The summed E-state index contributed by atoms with van der Waals surface area (Å²) in [6, 6.07) is 0.